The number of azo groups is 1. The standard InChI is InChI=1S/C27H26FN5O3/c28-22-13-20-24(33(19-5-6-19)16-21(26(20)34)27(35)36)14-25(22)32-11-9-31(10-12-32)15-17-1-3-18(4-2-17)23-7-8-29-30-23/h1-4,7,13-14,16,19H,5-6,8-12,15H2,(H,35,36). The van der Waals surface area contributed by atoms with Crippen LogP contribution in [-0.2, 0) is 6.54 Å². The summed E-state index contributed by atoms with van der Waals surface area (Å²) in [7, 11) is 0. The minimum absolute atomic E-state index is 0.125. The van der Waals surface area contributed by atoms with Crippen LogP contribution >= 0.6 is 0 Å². The maximum Gasteiger partial charge on any atom is 0.341 e. The van der Waals surface area contributed by atoms with Crippen LogP contribution in [0, 0.1) is 5.82 Å². The van der Waals surface area contributed by atoms with E-state index in [2.05, 4.69) is 39.4 Å². The van der Waals surface area contributed by atoms with E-state index in [9.17, 15) is 14.7 Å². The summed E-state index contributed by atoms with van der Waals surface area (Å²) in [6, 6.07) is 11.5. The van der Waals surface area contributed by atoms with Crippen LogP contribution in [0.25, 0.3) is 16.6 Å². The average Bonchev–Trinajstić information content (AvgIpc) is 3.58. The van der Waals surface area contributed by atoms with E-state index in [4.69, 9.17) is 0 Å². The number of aromatic nitrogens is 1. The second kappa shape index (κ2) is 8.98. The molecule has 1 aromatic heterocycles. The van der Waals surface area contributed by atoms with Crippen molar-refractivity contribution in [2.24, 2.45) is 10.2 Å². The Hall–Kier alpha value is -3.85. The van der Waals surface area contributed by atoms with Gasteiger partial charge in [0.05, 0.1) is 23.4 Å². The van der Waals surface area contributed by atoms with E-state index in [1.807, 2.05) is 15.5 Å². The zero-order chi connectivity index (χ0) is 24.8. The van der Waals surface area contributed by atoms with Crippen molar-refractivity contribution in [3.05, 3.63) is 81.4 Å². The Morgan fingerprint density at radius 1 is 1.08 bits per heavy atom. The Morgan fingerprint density at radius 3 is 2.47 bits per heavy atom. The molecule has 0 unspecified atom stereocenters. The molecular formula is C27H26FN5O3. The van der Waals surface area contributed by atoms with Crippen molar-refractivity contribution >= 4 is 28.3 Å². The molecule has 3 aromatic rings. The molecule has 1 saturated heterocycles. The molecule has 8 nitrogen and oxygen atoms in total. The van der Waals surface area contributed by atoms with Crippen LogP contribution in [0.4, 0.5) is 10.1 Å². The fraction of sp³-hybridized carbons (Fsp3) is 0.333. The average molecular weight is 488 g/mol. The lowest BCUT2D eigenvalue weighted by molar-refractivity contribution is 0.0695. The number of anilines is 1. The third kappa shape index (κ3) is 4.19. The first-order chi connectivity index (χ1) is 17.5. The highest BCUT2D eigenvalue weighted by Crippen LogP contribution is 2.38. The van der Waals surface area contributed by atoms with E-state index in [-0.39, 0.29) is 17.0 Å². The molecule has 0 amide bonds. The number of piperazine rings is 1. The molecule has 1 saturated carbocycles. The Balaban J connectivity index is 1.19. The van der Waals surface area contributed by atoms with Crippen LogP contribution < -0.4 is 10.3 Å². The summed E-state index contributed by atoms with van der Waals surface area (Å²) >= 11 is 0. The summed E-state index contributed by atoms with van der Waals surface area (Å²) in [5.74, 6) is -1.78. The maximum atomic E-state index is 15.2. The number of fused-ring (bicyclic) bond motifs is 1. The number of aromatic carboxylic acids is 1. The summed E-state index contributed by atoms with van der Waals surface area (Å²) in [5.41, 5.74) is 3.30. The zero-order valence-electron chi connectivity index (χ0n) is 19.7. The third-order valence-electron chi connectivity index (χ3n) is 7.19. The predicted octanol–water partition coefficient (Wildman–Crippen LogP) is 4.30. The van der Waals surface area contributed by atoms with E-state index < -0.39 is 17.2 Å². The van der Waals surface area contributed by atoms with Crippen molar-refractivity contribution in [2.75, 3.05) is 37.6 Å². The van der Waals surface area contributed by atoms with E-state index in [1.165, 1.54) is 17.8 Å². The van der Waals surface area contributed by atoms with Crippen LogP contribution in [0.2, 0.25) is 0 Å². The van der Waals surface area contributed by atoms with Crippen molar-refractivity contribution in [1.29, 1.82) is 0 Å². The summed E-state index contributed by atoms with van der Waals surface area (Å²) in [6.45, 7) is 4.34. The van der Waals surface area contributed by atoms with E-state index >= 15 is 4.39 Å². The van der Waals surface area contributed by atoms with Gasteiger partial charge < -0.3 is 14.6 Å². The molecule has 0 radical (unpaired) electrons. The quantitative estimate of drug-likeness (QED) is 0.560. The van der Waals surface area contributed by atoms with Gasteiger partial charge in [-0.2, -0.15) is 10.2 Å². The number of carboxylic acids is 1. The van der Waals surface area contributed by atoms with Gasteiger partial charge in [-0.25, -0.2) is 9.18 Å². The first-order valence-electron chi connectivity index (χ1n) is 12.2. The fourth-order valence-electron chi connectivity index (χ4n) is 5.05. The van der Waals surface area contributed by atoms with E-state index in [0.717, 1.165) is 43.7 Å². The van der Waals surface area contributed by atoms with Gasteiger partial charge in [0.25, 0.3) is 0 Å². The molecule has 0 spiro atoms. The number of benzene rings is 2. The van der Waals surface area contributed by atoms with E-state index in [0.29, 0.717) is 30.8 Å². The summed E-state index contributed by atoms with van der Waals surface area (Å²) < 4.78 is 17.0. The first kappa shape index (κ1) is 22.6. The second-order valence-electron chi connectivity index (χ2n) is 9.61. The molecule has 2 aromatic carbocycles. The molecule has 9 heteroatoms. The van der Waals surface area contributed by atoms with Crippen molar-refractivity contribution in [3.63, 3.8) is 0 Å². The number of halogens is 1. The van der Waals surface area contributed by atoms with Gasteiger partial charge in [0, 0.05) is 55.9 Å². The van der Waals surface area contributed by atoms with E-state index in [1.54, 1.807) is 6.07 Å². The van der Waals surface area contributed by atoms with Crippen molar-refractivity contribution in [3.8, 4) is 0 Å². The van der Waals surface area contributed by atoms with Gasteiger partial charge >= 0.3 is 5.97 Å². The highest BCUT2D eigenvalue weighted by molar-refractivity contribution is 5.93. The molecule has 2 fully saturated rings. The topological polar surface area (TPSA) is 90.5 Å². The molecule has 0 atom stereocenters. The van der Waals surface area contributed by atoms with Crippen LogP contribution in [-0.4, -0.2) is 53.3 Å². The smallest absolute Gasteiger partial charge is 0.341 e. The second-order valence-corrected chi connectivity index (χ2v) is 9.61. The molecule has 6 rings (SSSR count). The molecular weight excluding hydrogens is 461 g/mol. The van der Waals surface area contributed by atoms with Gasteiger partial charge in [0.15, 0.2) is 0 Å². The van der Waals surface area contributed by atoms with Crippen LogP contribution in [0.1, 0.15) is 40.4 Å². The van der Waals surface area contributed by atoms with Crippen molar-refractivity contribution in [2.45, 2.75) is 25.4 Å². The van der Waals surface area contributed by atoms with Crippen molar-refractivity contribution < 1.29 is 14.3 Å². The number of nitrogens with zero attached hydrogens (tertiary/aromatic N) is 5. The van der Waals surface area contributed by atoms with Gasteiger partial charge in [-0.05, 0) is 36.6 Å². The number of carboxylic acid groups (broad SMARTS) is 1. The maximum absolute atomic E-state index is 15.2. The molecule has 1 aliphatic carbocycles. The molecule has 36 heavy (non-hydrogen) atoms. The fourth-order valence-corrected chi connectivity index (χ4v) is 5.05. The summed E-state index contributed by atoms with van der Waals surface area (Å²) in [4.78, 5) is 28.6. The normalized spacial score (nSPS) is 18.1. The number of hydrogen-bond acceptors (Lipinski definition) is 6. The summed E-state index contributed by atoms with van der Waals surface area (Å²) in [6.07, 6.45) is 5.27. The molecule has 184 valence electrons. The van der Waals surface area contributed by atoms with Crippen LogP contribution in [0.15, 0.2) is 63.7 Å². The SMILES string of the molecule is O=C(O)c1cn(C2CC2)c2cc(N3CCN(Cc4ccc(C5=CCN=N5)cc4)CC3)c(F)cc2c1=O. The van der Waals surface area contributed by atoms with Gasteiger partial charge in [0.1, 0.15) is 11.4 Å². The third-order valence-corrected chi connectivity index (χ3v) is 7.19. The molecule has 1 N–H and O–H groups in total. The minimum atomic E-state index is -1.28. The molecule has 3 aliphatic rings. The molecule has 0 bridgehead atoms. The minimum Gasteiger partial charge on any atom is -0.477 e. The summed E-state index contributed by atoms with van der Waals surface area (Å²) in [5, 5.41) is 17.7. The first-order valence-corrected chi connectivity index (χ1v) is 12.2. The highest BCUT2D eigenvalue weighted by Gasteiger charge is 2.28. The number of hydrogen-bond donors (Lipinski definition) is 1. The van der Waals surface area contributed by atoms with Gasteiger partial charge in [-0.15, -0.1) is 0 Å². The van der Waals surface area contributed by atoms with Gasteiger partial charge in [-0.1, -0.05) is 24.3 Å². The largest absolute Gasteiger partial charge is 0.477 e. The zero-order valence-corrected chi connectivity index (χ0v) is 19.7. The highest BCUT2D eigenvalue weighted by atomic mass is 19.1. The lowest BCUT2D eigenvalue weighted by atomic mass is 10.1. The van der Waals surface area contributed by atoms with Crippen molar-refractivity contribution in [1.82, 2.24) is 9.47 Å². The van der Waals surface area contributed by atoms with Gasteiger partial charge in [-0.3, -0.25) is 9.69 Å². The Kier molecular flexibility index (Phi) is 5.64. The number of carbonyl (C=O) groups is 1. The van der Waals surface area contributed by atoms with Crippen LogP contribution in [0.3, 0.4) is 0 Å². The van der Waals surface area contributed by atoms with Gasteiger partial charge in [0.2, 0.25) is 5.43 Å². The Morgan fingerprint density at radius 2 is 1.83 bits per heavy atom. The van der Waals surface area contributed by atoms with Crippen LogP contribution in [0.5, 0.6) is 0 Å². The Labute approximate surface area is 207 Å². The predicted molar refractivity (Wildman–Crippen MR) is 135 cm³/mol. The lowest BCUT2D eigenvalue weighted by Gasteiger charge is -2.36. The monoisotopic (exact) mass is 487 g/mol. The Bertz CT molecular complexity index is 1470. The molecule has 3 heterocycles. The number of rotatable bonds is 6. The molecule has 2 aliphatic heterocycles. The number of pyridine rings is 1. The lowest BCUT2D eigenvalue weighted by Crippen LogP contribution is -2.46.